The predicted molar refractivity (Wildman–Crippen MR) is 77.2 cm³/mol. The molecular formula is C17H26O4. The van der Waals surface area contributed by atoms with Crippen LogP contribution in [-0.4, -0.2) is 24.6 Å². The number of fused-ring (bicyclic) bond motifs is 1. The Morgan fingerprint density at radius 2 is 2.05 bits per heavy atom. The molecule has 0 aromatic rings. The van der Waals surface area contributed by atoms with E-state index in [-0.39, 0.29) is 47.1 Å². The Morgan fingerprint density at radius 1 is 1.38 bits per heavy atom. The van der Waals surface area contributed by atoms with E-state index in [9.17, 15) is 9.59 Å². The lowest BCUT2D eigenvalue weighted by atomic mass is 9.62. The zero-order valence-corrected chi connectivity index (χ0v) is 13.6. The second kappa shape index (κ2) is 4.72. The molecular weight excluding hydrogens is 268 g/mol. The first-order valence-corrected chi connectivity index (χ1v) is 8.14. The van der Waals surface area contributed by atoms with Gasteiger partial charge in [-0.15, -0.1) is 0 Å². The van der Waals surface area contributed by atoms with E-state index in [1.54, 1.807) is 0 Å². The lowest BCUT2D eigenvalue weighted by molar-refractivity contribution is -0.161. The van der Waals surface area contributed by atoms with Gasteiger partial charge in [0.1, 0.15) is 6.10 Å². The van der Waals surface area contributed by atoms with Gasteiger partial charge in [0.2, 0.25) is 0 Å². The highest BCUT2D eigenvalue weighted by atomic mass is 16.6. The fourth-order valence-corrected chi connectivity index (χ4v) is 5.33. The van der Waals surface area contributed by atoms with Crippen molar-refractivity contribution in [2.45, 2.75) is 47.1 Å². The molecule has 0 N–H and O–H groups in total. The second-order valence-electron chi connectivity index (χ2n) is 8.07. The summed E-state index contributed by atoms with van der Waals surface area (Å²) in [4.78, 5) is 24.8. The largest absolute Gasteiger partial charge is 0.465 e. The normalized spacial score (nSPS) is 43.8. The minimum atomic E-state index is -0.281. The summed E-state index contributed by atoms with van der Waals surface area (Å²) in [6, 6.07) is 0. The Balaban J connectivity index is 1.89. The molecule has 0 amide bonds. The van der Waals surface area contributed by atoms with E-state index in [0.29, 0.717) is 18.4 Å². The molecule has 3 fully saturated rings. The highest BCUT2D eigenvalue weighted by molar-refractivity contribution is 5.82. The molecule has 4 heteroatoms. The molecule has 0 aromatic heterocycles. The van der Waals surface area contributed by atoms with Gasteiger partial charge in [0, 0.05) is 5.92 Å². The lowest BCUT2D eigenvalue weighted by Crippen LogP contribution is -2.46. The first-order valence-electron chi connectivity index (χ1n) is 8.14. The third-order valence-electron chi connectivity index (χ3n) is 5.80. The molecule has 21 heavy (non-hydrogen) atoms. The standard InChI is InChI=1S/C17H26O4/c1-8(2)7-20-16(19)13-14-10-6-17(13,5)12(9(3)4)11(10)15(18)21-14/h8-14H,6-7H2,1-5H3. The van der Waals surface area contributed by atoms with Gasteiger partial charge in [-0.25, -0.2) is 0 Å². The topological polar surface area (TPSA) is 52.6 Å². The Kier molecular flexibility index (Phi) is 3.34. The summed E-state index contributed by atoms with van der Waals surface area (Å²) in [5.74, 6) is 0.587. The van der Waals surface area contributed by atoms with Gasteiger partial charge in [0.15, 0.2) is 0 Å². The Hall–Kier alpha value is -1.06. The van der Waals surface area contributed by atoms with Crippen LogP contribution >= 0.6 is 0 Å². The van der Waals surface area contributed by atoms with Crippen LogP contribution in [-0.2, 0) is 19.1 Å². The first-order chi connectivity index (χ1) is 9.77. The van der Waals surface area contributed by atoms with Crippen molar-refractivity contribution in [3.05, 3.63) is 0 Å². The lowest BCUT2D eigenvalue weighted by Gasteiger charge is -2.40. The van der Waals surface area contributed by atoms with Crippen molar-refractivity contribution in [2.75, 3.05) is 6.61 Å². The van der Waals surface area contributed by atoms with Crippen molar-refractivity contribution in [3.8, 4) is 0 Å². The van der Waals surface area contributed by atoms with Crippen LogP contribution in [0.25, 0.3) is 0 Å². The fraction of sp³-hybridized carbons (Fsp3) is 0.882. The van der Waals surface area contributed by atoms with Gasteiger partial charge in [-0.1, -0.05) is 34.6 Å². The summed E-state index contributed by atoms with van der Waals surface area (Å²) in [5, 5.41) is 0. The Labute approximate surface area is 126 Å². The zero-order chi connectivity index (χ0) is 15.5. The third kappa shape index (κ3) is 1.94. The summed E-state index contributed by atoms with van der Waals surface area (Å²) >= 11 is 0. The van der Waals surface area contributed by atoms with E-state index in [0.717, 1.165) is 6.42 Å². The van der Waals surface area contributed by atoms with E-state index in [4.69, 9.17) is 9.47 Å². The molecule has 118 valence electrons. The minimum Gasteiger partial charge on any atom is -0.465 e. The monoisotopic (exact) mass is 294 g/mol. The fourth-order valence-electron chi connectivity index (χ4n) is 5.33. The highest BCUT2D eigenvalue weighted by Crippen LogP contribution is 2.69. The SMILES string of the molecule is CC(C)COC(=O)C1C2OC(=O)C3C2CC1(C)C3C(C)C. The van der Waals surface area contributed by atoms with Crippen LogP contribution in [0, 0.1) is 40.9 Å². The number of carbonyl (C=O) groups excluding carboxylic acids is 2. The maximum atomic E-state index is 12.6. The summed E-state index contributed by atoms with van der Waals surface area (Å²) in [5.41, 5.74) is -0.158. The number of ether oxygens (including phenoxy) is 2. The van der Waals surface area contributed by atoms with Crippen LogP contribution in [0.2, 0.25) is 0 Å². The summed E-state index contributed by atoms with van der Waals surface area (Å²) in [7, 11) is 0. The molecule has 0 aromatic carbocycles. The van der Waals surface area contributed by atoms with Crippen LogP contribution in [0.4, 0.5) is 0 Å². The molecule has 1 saturated heterocycles. The molecule has 1 aliphatic heterocycles. The van der Waals surface area contributed by atoms with Crippen molar-refractivity contribution in [1.82, 2.24) is 0 Å². The van der Waals surface area contributed by atoms with Crippen molar-refractivity contribution < 1.29 is 19.1 Å². The number of hydrogen-bond acceptors (Lipinski definition) is 4. The van der Waals surface area contributed by atoms with Crippen LogP contribution in [0.1, 0.15) is 41.0 Å². The summed E-state index contributed by atoms with van der Waals surface area (Å²) in [6.45, 7) is 10.9. The van der Waals surface area contributed by atoms with E-state index < -0.39 is 0 Å². The van der Waals surface area contributed by atoms with E-state index >= 15 is 0 Å². The second-order valence-corrected chi connectivity index (χ2v) is 8.07. The van der Waals surface area contributed by atoms with Gasteiger partial charge in [-0.2, -0.15) is 0 Å². The van der Waals surface area contributed by atoms with Crippen molar-refractivity contribution in [2.24, 2.45) is 40.9 Å². The maximum absolute atomic E-state index is 12.6. The van der Waals surface area contributed by atoms with E-state index in [1.165, 1.54) is 0 Å². The predicted octanol–water partition coefficient (Wildman–Crippen LogP) is 2.66. The zero-order valence-electron chi connectivity index (χ0n) is 13.6. The molecule has 0 spiro atoms. The Bertz CT molecular complexity index is 469. The molecule has 2 bridgehead atoms. The smallest absolute Gasteiger partial charge is 0.313 e. The number of carbonyl (C=O) groups is 2. The molecule has 4 nitrogen and oxygen atoms in total. The van der Waals surface area contributed by atoms with Gasteiger partial charge >= 0.3 is 11.9 Å². The van der Waals surface area contributed by atoms with E-state index in [1.807, 2.05) is 13.8 Å². The number of esters is 2. The number of hydrogen-bond donors (Lipinski definition) is 0. The molecule has 3 rings (SSSR count). The van der Waals surface area contributed by atoms with Crippen molar-refractivity contribution >= 4 is 11.9 Å². The van der Waals surface area contributed by atoms with Crippen molar-refractivity contribution in [3.63, 3.8) is 0 Å². The first kappa shape index (κ1) is 14.9. The molecule has 3 aliphatic rings. The quantitative estimate of drug-likeness (QED) is 0.748. The van der Waals surface area contributed by atoms with Crippen LogP contribution in [0.15, 0.2) is 0 Å². The van der Waals surface area contributed by atoms with Gasteiger partial charge in [-0.3, -0.25) is 9.59 Å². The average Bonchev–Trinajstić information content (AvgIpc) is 2.90. The molecule has 1 heterocycles. The molecule has 2 aliphatic carbocycles. The van der Waals surface area contributed by atoms with Crippen LogP contribution in [0.5, 0.6) is 0 Å². The molecule has 0 radical (unpaired) electrons. The summed E-state index contributed by atoms with van der Waals surface area (Å²) < 4.78 is 11.1. The van der Waals surface area contributed by atoms with Gasteiger partial charge in [0.05, 0.1) is 18.4 Å². The molecule has 6 unspecified atom stereocenters. The van der Waals surface area contributed by atoms with Crippen LogP contribution in [0.3, 0.4) is 0 Å². The van der Waals surface area contributed by atoms with Gasteiger partial charge < -0.3 is 9.47 Å². The highest BCUT2D eigenvalue weighted by Gasteiger charge is 2.74. The maximum Gasteiger partial charge on any atom is 0.313 e. The van der Waals surface area contributed by atoms with Crippen molar-refractivity contribution in [1.29, 1.82) is 0 Å². The minimum absolute atomic E-state index is 0.00542. The van der Waals surface area contributed by atoms with Crippen LogP contribution < -0.4 is 0 Å². The molecule has 6 atom stereocenters. The van der Waals surface area contributed by atoms with Gasteiger partial charge in [0.25, 0.3) is 0 Å². The average molecular weight is 294 g/mol. The third-order valence-corrected chi connectivity index (χ3v) is 5.80. The number of rotatable bonds is 4. The Morgan fingerprint density at radius 3 is 2.62 bits per heavy atom. The summed E-state index contributed by atoms with van der Waals surface area (Å²) in [6.07, 6.45) is 0.667. The van der Waals surface area contributed by atoms with E-state index in [2.05, 4.69) is 20.8 Å². The molecule has 2 saturated carbocycles. The van der Waals surface area contributed by atoms with Gasteiger partial charge in [-0.05, 0) is 29.6 Å².